The molecule has 2 rings (SSSR count). The predicted molar refractivity (Wildman–Crippen MR) is 62.6 cm³/mol. The Labute approximate surface area is 97.7 Å². The van der Waals surface area contributed by atoms with Gasteiger partial charge in [0.15, 0.2) is 11.5 Å². The van der Waals surface area contributed by atoms with E-state index in [1.807, 2.05) is 18.2 Å². The van der Waals surface area contributed by atoms with Crippen molar-refractivity contribution in [1.82, 2.24) is 10.2 Å². The number of nitrogens with zero attached hydrogens (tertiary/aromatic N) is 1. The van der Waals surface area contributed by atoms with Crippen LogP contribution in [0.25, 0.3) is 11.1 Å². The molecule has 0 amide bonds. The van der Waals surface area contributed by atoms with E-state index in [1.165, 1.54) is 0 Å². The van der Waals surface area contributed by atoms with Gasteiger partial charge in [0.1, 0.15) is 0 Å². The van der Waals surface area contributed by atoms with Gasteiger partial charge in [0, 0.05) is 0 Å². The highest BCUT2D eigenvalue weighted by Gasteiger charge is 2.17. The molecule has 0 saturated heterocycles. The van der Waals surface area contributed by atoms with Crippen molar-refractivity contribution in [3.63, 3.8) is 0 Å². The second-order valence-corrected chi connectivity index (χ2v) is 3.03. The van der Waals surface area contributed by atoms with Crippen molar-refractivity contribution in [2.45, 2.75) is 0 Å². The van der Waals surface area contributed by atoms with Crippen molar-refractivity contribution in [2.75, 3.05) is 5.73 Å². The fourth-order valence-electron chi connectivity index (χ4n) is 1.41. The van der Waals surface area contributed by atoms with Gasteiger partial charge in [0.25, 0.3) is 0 Å². The van der Waals surface area contributed by atoms with E-state index in [2.05, 4.69) is 10.2 Å². The molecule has 6 heteroatoms. The molecular formula is C10H10ClN3O2. The first-order valence-electron chi connectivity index (χ1n) is 4.32. The zero-order valence-electron chi connectivity index (χ0n) is 8.18. The SMILES string of the molecule is Cl.Nc1n[nH]c(C(=O)O)c1-c1ccccc1. The van der Waals surface area contributed by atoms with Crippen molar-refractivity contribution in [2.24, 2.45) is 0 Å². The first-order chi connectivity index (χ1) is 7.20. The van der Waals surface area contributed by atoms with Crippen LogP contribution in [0.1, 0.15) is 10.5 Å². The number of carboxylic acid groups (broad SMARTS) is 1. The monoisotopic (exact) mass is 239 g/mol. The number of carbonyl (C=O) groups is 1. The third kappa shape index (κ3) is 1.99. The average molecular weight is 240 g/mol. The molecule has 4 N–H and O–H groups in total. The molecule has 84 valence electrons. The van der Waals surface area contributed by atoms with E-state index in [9.17, 15) is 4.79 Å². The van der Waals surface area contributed by atoms with Gasteiger partial charge >= 0.3 is 5.97 Å². The zero-order valence-corrected chi connectivity index (χ0v) is 8.99. The number of benzene rings is 1. The third-order valence-corrected chi connectivity index (χ3v) is 2.07. The maximum atomic E-state index is 10.9. The second-order valence-electron chi connectivity index (χ2n) is 3.03. The van der Waals surface area contributed by atoms with E-state index in [1.54, 1.807) is 12.1 Å². The van der Waals surface area contributed by atoms with Gasteiger partial charge in [-0.25, -0.2) is 4.79 Å². The Hall–Kier alpha value is -2.01. The second kappa shape index (κ2) is 4.67. The summed E-state index contributed by atoms with van der Waals surface area (Å²) in [6.07, 6.45) is 0. The van der Waals surface area contributed by atoms with Crippen molar-refractivity contribution >= 4 is 24.2 Å². The summed E-state index contributed by atoms with van der Waals surface area (Å²) in [5.41, 5.74) is 6.79. The highest BCUT2D eigenvalue weighted by atomic mass is 35.5. The Kier molecular flexibility index (Phi) is 3.52. The number of aromatic carboxylic acids is 1. The van der Waals surface area contributed by atoms with Crippen LogP contribution in [-0.4, -0.2) is 21.3 Å². The molecule has 0 aliphatic rings. The number of hydrogen-bond acceptors (Lipinski definition) is 3. The fraction of sp³-hybridized carbons (Fsp3) is 0. The molecule has 1 aromatic heterocycles. The standard InChI is InChI=1S/C10H9N3O2.ClH/c11-9-7(6-4-2-1-3-5-6)8(10(14)15)12-13-9;/h1-5H,(H,14,15)(H3,11,12,13);1H. The van der Waals surface area contributed by atoms with Gasteiger partial charge in [-0.1, -0.05) is 30.3 Å². The van der Waals surface area contributed by atoms with Gasteiger partial charge in [-0.3, -0.25) is 5.10 Å². The number of rotatable bonds is 2. The van der Waals surface area contributed by atoms with Crippen LogP contribution < -0.4 is 5.73 Å². The largest absolute Gasteiger partial charge is 0.477 e. The first kappa shape index (κ1) is 12.1. The lowest BCUT2D eigenvalue weighted by atomic mass is 10.1. The van der Waals surface area contributed by atoms with E-state index in [0.29, 0.717) is 5.56 Å². The number of hydrogen-bond donors (Lipinski definition) is 3. The minimum Gasteiger partial charge on any atom is -0.477 e. The van der Waals surface area contributed by atoms with Crippen LogP contribution in [0.5, 0.6) is 0 Å². The lowest BCUT2D eigenvalue weighted by Gasteiger charge is -2.00. The van der Waals surface area contributed by atoms with Crippen LogP contribution in [0.15, 0.2) is 30.3 Å². The van der Waals surface area contributed by atoms with Gasteiger partial charge in [-0.15, -0.1) is 12.4 Å². The Morgan fingerprint density at radius 2 is 1.94 bits per heavy atom. The number of nitrogens with one attached hydrogen (secondary N) is 1. The molecule has 1 aromatic carbocycles. The molecule has 0 bridgehead atoms. The van der Waals surface area contributed by atoms with Crippen LogP contribution >= 0.6 is 12.4 Å². The number of anilines is 1. The highest BCUT2D eigenvalue weighted by molar-refractivity contribution is 5.97. The van der Waals surface area contributed by atoms with Crippen molar-refractivity contribution in [3.8, 4) is 11.1 Å². The Morgan fingerprint density at radius 1 is 1.31 bits per heavy atom. The lowest BCUT2D eigenvalue weighted by molar-refractivity contribution is 0.0691. The summed E-state index contributed by atoms with van der Waals surface area (Å²) < 4.78 is 0. The summed E-state index contributed by atoms with van der Waals surface area (Å²) >= 11 is 0. The summed E-state index contributed by atoms with van der Waals surface area (Å²) in [6.45, 7) is 0. The molecule has 0 aliphatic heterocycles. The van der Waals surface area contributed by atoms with Gasteiger partial charge < -0.3 is 10.8 Å². The highest BCUT2D eigenvalue weighted by Crippen LogP contribution is 2.27. The number of H-pyrrole nitrogens is 1. The molecular weight excluding hydrogens is 230 g/mol. The van der Waals surface area contributed by atoms with Gasteiger partial charge in [0.2, 0.25) is 0 Å². The molecule has 16 heavy (non-hydrogen) atoms. The molecule has 0 fully saturated rings. The zero-order chi connectivity index (χ0) is 10.8. The van der Waals surface area contributed by atoms with E-state index < -0.39 is 5.97 Å². The Balaban J connectivity index is 0.00000128. The maximum Gasteiger partial charge on any atom is 0.354 e. The van der Waals surface area contributed by atoms with Crippen molar-refractivity contribution < 1.29 is 9.90 Å². The Morgan fingerprint density at radius 3 is 2.50 bits per heavy atom. The van der Waals surface area contributed by atoms with Crippen molar-refractivity contribution in [3.05, 3.63) is 36.0 Å². The molecule has 0 aliphatic carbocycles. The average Bonchev–Trinajstić information content (AvgIpc) is 2.61. The summed E-state index contributed by atoms with van der Waals surface area (Å²) in [4.78, 5) is 10.9. The predicted octanol–water partition coefficient (Wildman–Crippen LogP) is 1.78. The minimum absolute atomic E-state index is 0. The Bertz CT molecular complexity index is 496. The van der Waals surface area contributed by atoms with Crippen molar-refractivity contribution in [1.29, 1.82) is 0 Å². The van der Waals surface area contributed by atoms with Gasteiger partial charge in [0.05, 0.1) is 5.56 Å². The topological polar surface area (TPSA) is 92.0 Å². The summed E-state index contributed by atoms with van der Waals surface area (Å²) in [5, 5.41) is 15.0. The molecule has 2 aromatic rings. The number of nitrogen functional groups attached to an aromatic ring is 1. The van der Waals surface area contributed by atoms with Crippen LogP contribution in [0.3, 0.4) is 0 Å². The smallest absolute Gasteiger partial charge is 0.354 e. The molecule has 0 atom stereocenters. The fourth-order valence-corrected chi connectivity index (χ4v) is 1.41. The first-order valence-corrected chi connectivity index (χ1v) is 4.32. The van der Waals surface area contributed by atoms with Crippen LogP contribution in [0, 0.1) is 0 Å². The van der Waals surface area contributed by atoms with E-state index in [0.717, 1.165) is 5.56 Å². The van der Waals surface area contributed by atoms with E-state index in [4.69, 9.17) is 10.8 Å². The van der Waals surface area contributed by atoms with Crippen LogP contribution in [-0.2, 0) is 0 Å². The van der Waals surface area contributed by atoms with Gasteiger partial charge in [-0.05, 0) is 5.56 Å². The summed E-state index contributed by atoms with van der Waals surface area (Å²) in [5.74, 6) is -0.878. The molecule has 5 nitrogen and oxygen atoms in total. The van der Waals surface area contributed by atoms with E-state index in [-0.39, 0.29) is 23.9 Å². The maximum absolute atomic E-state index is 10.9. The van der Waals surface area contributed by atoms with E-state index >= 15 is 0 Å². The molecule has 0 saturated carbocycles. The molecule has 0 unspecified atom stereocenters. The number of aromatic nitrogens is 2. The summed E-state index contributed by atoms with van der Waals surface area (Å²) in [6, 6.07) is 9.04. The summed E-state index contributed by atoms with van der Waals surface area (Å²) in [7, 11) is 0. The molecule has 1 heterocycles. The van der Waals surface area contributed by atoms with Gasteiger partial charge in [-0.2, -0.15) is 5.10 Å². The molecule has 0 radical (unpaired) electrons. The number of nitrogens with two attached hydrogens (primary N) is 1. The number of halogens is 1. The third-order valence-electron chi connectivity index (χ3n) is 2.07. The number of aromatic amines is 1. The van der Waals surface area contributed by atoms with Crippen LogP contribution in [0.2, 0.25) is 0 Å². The normalized spacial score (nSPS) is 9.50. The van der Waals surface area contributed by atoms with Crippen LogP contribution in [0.4, 0.5) is 5.82 Å². The lowest BCUT2D eigenvalue weighted by Crippen LogP contribution is -1.99. The quantitative estimate of drug-likeness (QED) is 0.745. The number of carboxylic acids is 1. The minimum atomic E-state index is -1.07. The molecule has 0 spiro atoms.